The van der Waals surface area contributed by atoms with Crippen molar-refractivity contribution in [3.8, 4) is 55.6 Å². The Kier molecular flexibility index (Phi) is 6.84. The molecule has 0 radical (unpaired) electrons. The Hall–Kier alpha value is -5.93. The fourth-order valence-electron chi connectivity index (χ4n) is 9.55. The van der Waals surface area contributed by atoms with Crippen LogP contribution in [0.4, 0.5) is 13.2 Å². The Labute approximate surface area is 313 Å². The number of rotatable bonds is 3. The van der Waals surface area contributed by atoms with Gasteiger partial charge < -0.3 is 0 Å². The van der Waals surface area contributed by atoms with Crippen molar-refractivity contribution in [2.24, 2.45) is 0 Å². The molecule has 0 fully saturated rings. The maximum atomic E-state index is 13.7. The highest BCUT2D eigenvalue weighted by atomic mass is 19.4. The van der Waals surface area contributed by atoms with Crippen molar-refractivity contribution in [2.75, 3.05) is 0 Å². The molecule has 0 saturated heterocycles. The van der Waals surface area contributed by atoms with E-state index in [4.69, 9.17) is 0 Å². The van der Waals surface area contributed by atoms with E-state index in [1.165, 1.54) is 56.6 Å². The maximum absolute atomic E-state index is 13.7. The molecule has 10 rings (SSSR count). The summed E-state index contributed by atoms with van der Waals surface area (Å²) in [6.45, 7) is 9.21. The predicted molar refractivity (Wildman–Crippen MR) is 218 cm³/mol. The van der Waals surface area contributed by atoms with E-state index in [0.29, 0.717) is 0 Å². The highest BCUT2D eigenvalue weighted by Gasteiger charge is 2.37. The summed E-state index contributed by atoms with van der Waals surface area (Å²) in [7, 11) is 0. The molecule has 0 aliphatic heterocycles. The smallest absolute Gasteiger partial charge is 0.166 e. The third-order valence-electron chi connectivity index (χ3n) is 12.3. The van der Waals surface area contributed by atoms with E-state index in [-0.39, 0.29) is 10.8 Å². The minimum absolute atomic E-state index is 0.134. The van der Waals surface area contributed by atoms with Crippen LogP contribution in [0.1, 0.15) is 55.5 Å². The lowest BCUT2D eigenvalue weighted by Gasteiger charge is -2.23. The fraction of sp³-hybridized carbons (Fsp3) is 0.137. The molecule has 2 aliphatic carbocycles. The first-order chi connectivity index (χ1) is 25.9. The second kappa shape index (κ2) is 11.3. The molecule has 0 spiro atoms. The minimum atomic E-state index is -4.41. The van der Waals surface area contributed by atoms with Crippen LogP contribution in [0.15, 0.2) is 152 Å². The average Bonchev–Trinajstić information content (AvgIpc) is 3.55. The monoisotopic (exact) mass is 706 g/mol. The first-order valence-corrected chi connectivity index (χ1v) is 18.6. The van der Waals surface area contributed by atoms with Gasteiger partial charge >= 0.3 is 6.18 Å². The molecular formula is C51H37F3. The van der Waals surface area contributed by atoms with Gasteiger partial charge in [0.25, 0.3) is 0 Å². The molecule has 2 aliphatic rings. The molecule has 8 aromatic carbocycles. The highest BCUT2D eigenvalue weighted by Crippen LogP contribution is 2.53. The molecule has 54 heavy (non-hydrogen) atoms. The first kappa shape index (κ1) is 32.7. The third kappa shape index (κ3) is 4.64. The van der Waals surface area contributed by atoms with Gasteiger partial charge in [-0.1, -0.05) is 149 Å². The second-order valence-corrected chi connectivity index (χ2v) is 16.0. The summed E-state index contributed by atoms with van der Waals surface area (Å²) in [6, 6.07) is 51.7. The quantitative estimate of drug-likeness (QED) is 0.161. The predicted octanol–water partition coefficient (Wildman–Crippen LogP) is 14.6. The van der Waals surface area contributed by atoms with E-state index in [2.05, 4.69) is 149 Å². The van der Waals surface area contributed by atoms with Gasteiger partial charge in [-0.05, 0) is 130 Å². The van der Waals surface area contributed by atoms with Crippen LogP contribution in [0, 0.1) is 0 Å². The summed E-state index contributed by atoms with van der Waals surface area (Å²) in [5.41, 5.74) is 15.6. The molecule has 0 unspecified atom stereocenters. The lowest BCUT2D eigenvalue weighted by atomic mass is 9.80. The van der Waals surface area contributed by atoms with Gasteiger partial charge in [0.05, 0.1) is 5.56 Å². The van der Waals surface area contributed by atoms with Gasteiger partial charge in [0.15, 0.2) is 0 Å². The Balaban J connectivity index is 1.24. The summed E-state index contributed by atoms with van der Waals surface area (Å²) in [5.74, 6) is 0. The van der Waals surface area contributed by atoms with Crippen LogP contribution >= 0.6 is 0 Å². The van der Waals surface area contributed by atoms with Crippen LogP contribution in [-0.4, -0.2) is 0 Å². The molecule has 0 N–H and O–H groups in total. The molecule has 0 heterocycles. The van der Waals surface area contributed by atoms with Crippen molar-refractivity contribution in [1.82, 2.24) is 0 Å². The van der Waals surface area contributed by atoms with E-state index in [0.717, 1.165) is 54.9 Å². The van der Waals surface area contributed by atoms with Crippen LogP contribution in [0.2, 0.25) is 0 Å². The highest BCUT2D eigenvalue weighted by molar-refractivity contribution is 6.22. The van der Waals surface area contributed by atoms with E-state index >= 15 is 0 Å². The first-order valence-electron chi connectivity index (χ1n) is 18.6. The van der Waals surface area contributed by atoms with Gasteiger partial charge in [0.1, 0.15) is 0 Å². The molecule has 0 aromatic heterocycles. The summed E-state index contributed by atoms with van der Waals surface area (Å²) in [5, 5.41) is 4.14. The SMILES string of the molecule is CC1(C)c2ccccc2-c2ccc(-c3ccc4c(-c5ccc(C(F)(F)F)cc5)c5ccccc5c(-c5ccc6c(c5)C(C)(C)c5ccccc5-6)c4c3)cc21. The van der Waals surface area contributed by atoms with Crippen LogP contribution in [0.25, 0.3) is 77.2 Å². The molecule has 8 aromatic rings. The zero-order valence-electron chi connectivity index (χ0n) is 30.6. The van der Waals surface area contributed by atoms with Crippen molar-refractivity contribution in [1.29, 1.82) is 0 Å². The molecule has 0 atom stereocenters. The summed E-state index contributed by atoms with van der Waals surface area (Å²) in [4.78, 5) is 0. The van der Waals surface area contributed by atoms with E-state index in [9.17, 15) is 13.2 Å². The van der Waals surface area contributed by atoms with Crippen molar-refractivity contribution in [3.63, 3.8) is 0 Å². The largest absolute Gasteiger partial charge is 0.416 e. The molecule has 0 nitrogen and oxygen atoms in total. The van der Waals surface area contributed by atoms with Crippen molar-refractivity contribution >= 4 is 21.5 Å². The lowest BCUT2D eigenvalue weighted by molar-refractivity contribution is -0.137. The van der Waals surface area contributed by atoms with Crippen molar-refractivity contribution in [2.45, 2.75) is 44.7 Å². The van der Waals surface area contributed by atoms with E-state index in [1.54, 1.807) is 12.1 Å². The molecule has 3 heteroatoms. The Morgan fingerprint density at radius 3 is 1.33 bits per heavy atom. The number of hydrogen-bond acceptors (Lipinski definition) is 0. The Bertz CT molecular complexity index is 2850. The summed E-state index contributed by atoms with van der Waals surface area (Å²) < 4.78 is 41.2. The van der Waals surface area contributed by atoms with E-state index in [1.807, 2.05) is 6.07 Å². The Morgan fingerprint density at radius 2 is 0.759 bits per heavy atom. The third-order valence-corrected chi connectivity index (χ3v) is 12.3. The van der Waals surface area contributed by atoms with Crippen LogP contribution in [0.5, 0.6) is 0 Å². The number of benzene rings is 8. The number of fused-ring (bicyclic) bond motifs is 8. The fourth-order valence-corrected chi connectivity index (χ4v) is 9.55. The van der Waals surface area contributed by atoms with Crippen LogP contribution in [-0.2, 0) is 17.0 Å². The summed E-state index contributed by atoms with van der Waals surface area (Å²) in [6.07, 6.45) is -4.41. The minimum Gasteiger partial charge on any atom is -0.166 e. The van der Waals surface area contributed by atoms with Gasteiger partial charge in [-0.25, -0.2) is 0 Å². The second-order valence-electron chi connectivity index (χ2n) is 16.0. The zero-order chi connectivity index (χ0) is 37.1. The molecule has 0 amide bonds. The topological polar surface area (TPSA) is 0 Å². The van der Waals surface area contributed by atoms with E-state index < -0.39 is 11.7 Å². The molecular weight excluding hydrogens is 670 g/mol. The summed E-state index contributed by atoms with van der Waals surface area (Å²) >= 11 is 0. The number of halogens is 3. The molecule has 0 bridgehead atoms. The standard InChI is InChI=1S/C51H37F3/c1-49(2)43-15-9-7-11-35(43)37-24-19-32(28-45(37)49)31-20-26-41-42(27-31)48(33-21-25-38-36-12-8-10-16-44(36)50(3,4)46(38)29-33)40-14-6-5-13-39(40)47(41)30-17-22-34(23-18-30)51(52,53)54/h5-29H,1-4H3. The van der Waals surface area contributed by atoms with Crippen LogP contribution in [0.3, 0.4) is 0 Å². The Morgan fingerprint density at radius 1 is 0.352 bits per heavy atom. The van der Waals surface area contributed by atoms with Gasteiger partial charge in [-0.2, -0.15) is 13.2 Å². The van der Waals surface area contributed by atoms with Gasteiger partial charge in [0.2, 0.25) is 0 Å². The van der Waals surface area contributed by atoms with Crippen molar-refractivity contribution in [3.05, 3.63) is 179 Å². The van der Waals surface area contributed by atoms with Crippen LogP contribution < -0.4 is 0 Å². The van der Waals surface area contributed by atoms with Gasteiger partial charge in [-0.15, -0.1) is 0 Å². The number of alkyl halides is 3. The maximum Gasteiger partial charge on any atom is 0.416 e. The molecule has 0 saturated carbocycles. The zero-order valence-corrected chi connectivity index (χ0v) is 30.6. The number of hydrogen-bond donors (Lipinski definition) is 0. The van der Waals surface area contributed by atoms with Gasteiger partial charge in [0, 0.05) is 10.8 Å². The van der Waals surface area contributed by atoms with Gasteiger partial charge in [-0.3, -0.25) is 0 Å². The lowest BCUT2D eigenvalue weighted by Crippen LogP contribution is -2.14. The molecule has 262 valence electrons. The normalized spacial score (nSPS) is 14.9. The van der Waals surface area contributed by atoms with Crippen molar-refractivity contribution < 1.29 is 13.2 Å². The average molecular weight is 707 g/mol.